The number of hydrogen-bond donors (Lipinski definition) is 4. The van der Waals surface area contributed by atoms with Crippen molar-refractivity contribution < 1.29 is 14.3 Å². The second kappa shape index (κ2) is 12.2. The third-order valence-corrected chi connectivity index (χ3v) is 7.94. The maximum absolute atomic E-state index is 13.2. The summed E-state index contributed by atoms with van der Waals surface area (Å²) in [4.78, 5) is 29.8. The van der Waals surface area contributed by atoms with Crippen LogP contribution in [-0.4, -0.2) is 48.6 Å². The molecular weight excluding hydrogens is 536 g/mol. The normalized spacial score (nSPS) is 11.4. The van der Waals surface area contributed by atoms with Crippen LogP contribution in [0.5, 0.6) is 5.75 Å². The van der Waals surface area contributed by atoms with Crippen LogP contribution in [0, 0.1) is 0 Å². The molecule has 0 aliphatic rings. The molecule has 0 fully saturated rings. The lowest BCUT2D eigenvalue weighted by Crippen LogP contribution is -2.24. The van der Waals surface area contributed by atoms with Gasteiger partial charge in [-0.1, -0.05) is 24.3 Å². The largest absolute Gasteiger partial charge is 0.495 e. The van der Waals surface area contributed by atoms with Crippen molar-refractivity contribution in [2.24, 2.45) is 7.05 Å². The van der Waals surface area contributed by atoms with Crippen molar-refractivity contribution in [3.05, 3.63) is 77.4 Å². The first-order chi connectivity index (χ1) is 19.9. The van der Waals surface area contributed by atoms with E-state index in [0.717, 1.165) is 50.6 Å². The molecule has 0 spiro atoms. The fourth-order valence-electron chi connectivity index (χ4n) is 4.77. The molecule has 9 nitrogen and oxygen atoms in total. The molecule has 5 N–H and O–H groups in total. The van der Waals surface area contributed by atoms with Gasteiger partial charge < -0.3 is 31.0 Å². The number of carbonyl (C=O) groups is 2. The average molecular weight is 569 g/mol. The summed E-state index contributed by atoms with van der Waals surface area (Å²) in [6.45, 7) is 1.44. The molecule has 0 aliphatic carbocycles. The van der Waals surface area contributed by atoms with Gasteiger partial charge in [0.2, 0.25) is 5.91 Å². The summed E-state index contributed by atoms with van der Waals surface area (Å²) in [5.41, 5.74) is 11.0. The number of pyridine rings is 1. The highest BCUT2D eigenvalue weighted by atomic mass is 32.1. The van der Waals surface area contributed by atoms with E-state index < -0.39 is 0 Å². The molecule has 2 amide bonds. The molecule has 0 aliphatic heterocycles. The van der Waals surface area contributed by atoms with Crippen molar-refractivity contribution >= 4 is 61.7 Å². The molecule has 0 bridgehead atoms. The van der Waals surface area contributed by atoms with E-state index in [1.807, 2.05) is 72.6 Å². The number of benzene rings is 2. The number of fused-ring (bicyclic) bond motifs is 2. The molecule has 0 saturated carbocycles. The highest BCUT2D eigenvalue weighted by Crippen LogP contribution is 2.41. The SMILES string of the molecule is CNCCCNC(=O)C=Cc1cnc(N)c2c(-c3ccc(NC(=O)c4cc5ccccc5n4C)c(OC)c3)csc12. The molecule has 5 rings (SSSR count). The number of para-hydroxylation sites is 1. The Morgan fingerprint density at radius 3 is 2.76 bits per heavy atom. The minimum absolute atomic E-state index is 0.159. The second-order valence-electron chi connectivity index (χ2n) is 9.55. The van der Waals surface area contributed by atoms with Gasteiger partial charge in [0.25, 0.3) is 5.91 Å². The molecule has 0 radical (unpaired) electrons. The summed E-state index contributed by atoms with van der Waals surface area (Å²) in [6.07, 6.45) is 5.80. The molecule has 0 atom stereocenters. The smallest absolute Gasteiger partial charge is 0.272 e. The number of hydrogen-bond acceptors (Lipinski definition) is 7. The number of carbonyl (C=O) groups excluding carboxylic acids is 2. The number of nitrogens with one attached hydrogen (secondary N) is 3. The van der Waals surface area contributed by atoms with Crippen molar-refractivity contribution in [1.29, 1.82) is 0 Å². The molecule has 3 heterocycles. The highest BCUT2D eigenvalue weighted by molar-refractivity contribution is 7.18. The molecule has 10 heteroatoms. The number of amides is 2. The number of nitrogens with zero attached hydrogens (tertiary/aromatic N) is 2. The van der Waals surface area contributed by atoms with Gasteiger partial charge in [0.15, 0.2) is 0 Å². The number of anilines is 2. The summed E-state index contributed by atoms with van der Waals surface area (Å²) in [5.74, 6) is 0.531. The number of aryl methyl sites for hydroxylation is 1. The molecular formula is C31H32N6O3S. The first-order valence-electron chi connectivity index (χ1n) is 13.2. The minimum atomic E-state index is -0.230. The molecule has 2 aromatic carbocycles. The Bertz CT molecular complexity index is 1770. The van der Waals surface area contributed by atoms with Crippen LogP contribution in [0.4, 0.5) is 11.5 Å². The summed E-state index contributed by atoms with van der Waals surface area (Å²) in [6, 6.07) is 15.4. The van der Waals surface area contributed by atoms with Gasteiger partial charge in [-0.25, -0.2) is 4.98 Å². The van der Waals surface area contributed by atoms with E-state index in [-0.39, 0.29) is 11.8 Å². The lowest BCUT2D eigenvalue weighted by atomic mass is 10.0. The Hall–Kier alpha value is -4.67. The first kappa shape index (κ1) is 27.9. The summed E-state index contributed by atoms with van der Waals surface area (Å²) in [7, 11) is 5.32. The van der Waals surface area contributed by atoms with E-state index >= 15 is 0 Å². The maximum Gasteiger partial charge on any atom is 0.272 e. The lowest BCUT2D eigenvalue weighted by molar-refractivity contribution is -0.116. The maximum atomic E-state index is 13.2. The van der Waals surface area contributed by atoms with Gasteiger partial charge in [-0.2, -0.15) is 0 Å². The number of thiophene rings is 1. The molecule has 0 saturated heterocycles. The molecule has 5 aromatic rings. The molecule has 41 heavy (non-hydrogen) atoms. The van der Waals surface area contributed by atoms with Crippen LogP contribution in [0.25, 0.3) is 38.2 Å². The van der Waals surface area contributed by atoms with Crippen LogP contribution in [0.15, 0.2) is 66.2 Å². The van der Waals surface area contributed by atoms with Gasteiger partial charge in [0.1, 0.15) is 17.3 Å². The van der Waals surface area contributed by atoms with Crippen LogP contribution >= 0.6 is 11.3 Å². The Balaban J connectivity index is 1.40. The topological polar surface area (TPSA) is 123 Å². The second-order valence-corrected chi connectivity index (χ2v) is 10.4. The third kappa shape index (κ3) is 5.79. The minimum Gasteiger partial charge on any atom is -0.495 e. The average Bonchev–Trinajstić information content (AvgIpc) is 3.58. The monoisotopic (exact) mass is 568 g/mol. The fraction of sp³-hybridized carbons (Fsp3) is 0.194. The quantitative estimate of drug-likeness (QED) is 0.138. The van der Waals surface area contributed by atoms with Gasteiger partial charge in [-0.3, -0.25) is 9.59 Å². The predicted octanol–water partition coefficient (Wildman–Crippen LogP) is 5.04. The lowest BCUT2D eigenvalue weighted by Gasteiger charge is -2.13. The van der Waals surface area contributed by atoms with E-state index in [4.69, 9.17) is 10.5 Å². The van der Waals surface area contributed by atoms with Crippen LogP contribution in [-0.2, 0) is 11.8 Å². The van der Waals surface area contributed by atoms with Crippen molar-refractivity contribution in [1.82, 2.24) is 20.2 Å². The first-order valence-corrected chi connectivity index (χ1v) is 14.1. The van der Waals surface area contributed by atoms with Crippen LogP contribution in [0.2, 0.25) is 0 Å². The van der Waals surface area contributed by atoms with Gasteiger partial charge in [0.05, 0.1) is 12.8 Å². The van der Waals surface area contributed by atoms with Crippen molar-refractivity contribution in [2.75, 3.05) is 38.3 Å². The molecule has 3 aromatic heterocycles. The van der Waals surface area contributed by atoms with Crippen molar-refractivity contribution in [2.45, 2.75) is 6.42 Å². The van der Waals surface area contributed by atoms with E-state index in [1.54, 1.807) is 19.4 Å². The highest BCUT2D eigenvalue weighted by Gasteiger charge is 2.18. The van der Waals surface area contributed by atoms with Crippen LogP contribution in [0.1, 0.15) is 22.5 Å². The Morgan fingerprint density at radius 2 is 1.98 bits per heavy atom. The van der Waals surface area contributed by atoms with Crippen molar-refractivity contribution in [3.63, 3.8) is 0 Å². The molecule has 0 unspecified atom stereocenters. The Morgan fingerprint density at radius 1 is 1.15 bits per heavy atom. The Kier molecular flexibility index (Phi) is 8.32. The summed E-state index contributed by atoms with van der Waals surface area (Å²) < 4.78 is 8.47. The zero-order valence-electron chi connectivity index (χ0n) is 23.2. The number of aromatic nitrogens is 2. The number of ether oxygens (including phenoxy) is 1. The molecule has 210 valence electrons. The number of rotatable bonds is 10. The van der Waals surface area contributed by atoms with E-state index in [1.165, 1.54) is 17.4 Å². The summed E-state index contributed by atoms with van der Waals surface area (Å²) in [5, 5.41) is 12.7. The van der Waals surface area contributed by atoms with Gasteiger partial charge in [-0.05, 0) is 61.3 Å². The van der Waals surface area contributed by atoms with E-state index in [2.05, 4.69) is 20.9 Å². The van der Waals surface area contributed by atoms with Gasteiger partial charge >= 0.3 is 0 Å². The van der Waals surface area contributed by atoms with Crippen LogP contribution < -0.4 is 26.4 Å². The van der Waals surface area contributed by atoms with Crippen LogP contribution in [0.3, 0.4) is 0 Å². The predicted molar refractivity (Wildman–Crippen MR) is 167 cm³/mol. The number of nitrogen functional groups attached to an aromatic ring is 1. The van der Waals surface area contributed by atoms with Gasteiger partial charge in [-0.15, -0.1) is 11.3 Å². The zero-order chi connectivity index (χ0) is 28.9. The van der Waals surface area contributed by atoms with E-state index in [9.17, 15) is 9.59 Å². The summed E-state index contributed by atoms with van der Waals surface area (Å²) >= 11 is 1.53. The van der Waals surface area contributed by atoms with E-state index in [0.29, 0.717) is 29.5 Å². The number of nitrogens with two attached hydrogens (primary N) is 1. The zero-order valence-corrected chi connectivity index (χ0v) is 24.0. The third-order valence-electron chi connectivity index (χ3n) is 6.91. The number of methoxy groups -OCH3 is 1. The fourth-order valence-corrected chi connectivity index (χ4v) is 5.85. The standard InChI is InChI=1S/C31H32N6O3S/c1-33-13-6-14-34-27(38)12-10-21-17-35-30(32)28-22(18-41-29(21)28)19-9-11-23(26(16-19)40-3)36-31(39)25-15-20-7-4-5-8-24(20)37(25)2/h4-5,7-12,15-18,33H,6,13-14H2,1-3H3,(H2,32,35)(H,34,38)(H,36,39). The van der Waals surface area contributed by atoms with Crippen molar-refractivity contribution in [3.8, 4) is 16.9 Å². The van der Waals surface area contributed by atoms with Gasteiger partial charge in [0, 0.05) is 58.0 Å². The Labute approximate surface area is 242 Å².